The zero-order valence-corrected chi connectivity index (χ0v) is 16.9. The van der Waals surface area contributed by atoms with Gasteiger partial charge in [0.15, 0.2) is 0 Å². The number of hydrogen-bond acceptors (Lipinski definition) is 5. The second kappa shape index (κ2) is 8.58. The maximum atomic E-state index is 12.8. The first-order valence-corrected chi connectivity index (χ1v) is 11.1. The third-order valence-electron chi connectivity index (χ3n) is 5.19. The number of sulfonamides is 1. The van der Waals surface area contributed by atoms with Gasteiger partial charge >= 0.3 is 0 Å². The molecule has 0 radical (unpaired) electrons. The molecule has 1 saturated carbocycles. The quantitative estimate of drug-likeness (QED) is 0.718. The van der Waals surface area contributed by atoms with Gasteiger partial charge in [0, 0.05) is 32.2 Å². The number of benzene rings is 1. The van der Waals surface area contributed by atoms with Crippen molar-refractivity contribution in [3.8, 4) is 5.75 Å². The first-order chi connectivity index (χ1) is 12.9. The molecule has 1 amide bonds. The monoisotopic (exact) mass is 395 g/mol. The number of nitrogens with one attached hydrogen (secondary N) is 1. The van der Waals surface area contributed by atoms with Crippen LogP contribution in [0, 0.1) is 5.92 Å². The summed E-state index contributed by atoms with van der Waals surface area (Å²) in [6.07, 6.45) is 2.40. The Kier molecular flexibility index (Phi) is 6.39. The van der Waals surface area contributed by atoms with Crippen LogP contribution < -0.4 is 10.1 Å². The summed E-state index contributed by atoms with van der Waals surface area (Å²) in [6, 6.07) is 6.76. The second-order valence-corrected chi connectivity index (χ2v) is 9.22. The minimum absolute atomic E-state index is 0.0252. The van der Waals surface area contributed by atoms with Gasteiger partial charge in [-0.15, -0.1) is 0 Å². The number of hydrogen-bond donors (Lipinski definition) is 1. The normalized spacial score (nSPS) is 20.2. The van der Waals surface area contributed by atoms with Crippen molar-refractivity contribution in [2.75, 3.05) is 39.3 Å². The zero-order valence-electron chi connectivity index (χ0n) is 16.1. The number of ether oxygens (including phenoxy) is 1. The van der Waals surface area contributed by atoms with Crippen molar-refractivity contribution in [3.63, 3.8) is 0 Å². The van der Waals surface area contributed by atoms with Crippen LogP contribution in [0.2, 0.25) is 0 Å². The summed E-state index contributed by atoms with van der Waals surface area (Å²) in [5.41, 5.74) is 0. The molecule has 1 aromatic carbocycles. The molecule has 1 N–H and O–H groups in total. The van der Waals surface area contributed by atoms with Crippen LogP contribution >= 0.6 is 0 Å². The summed E-state index contributed by atoms with van der Waals surface area (Å²) in [6.45, 7) is 6.70. The van der Waals surface area contributed by atoms with Crippen molar-refractivity contribution in [1.82, 2.24) is 14.5 Å². The van der Waals surface area contributed by atoms with Crippen LogP contribution in [-0.4, -0.2) is 68.9 Å². The molecule has 3 rings (SSSR count). The third kappa shape index (κ3) is 5.21. The molecular weight excluding hydrogens is 366 g/mol. The van der Waals surface area contributed by atoms with E-state index in [1.165, 1.54) is 17.1 Å². The van der Waals surface area contributed by atoms with E-state index in [1.807, 2.05) is 11.8 Å². The molecule has 1 aliphatic heterocycles. The van der Waals surface area contributed by atoms with Crippen molar-refractivity contribution < 1.29 is 17.9 Å². The molecule has 1 atom stereocenters. The first-order valence-electron chi connectivity index (χ1n) is 9.65. The van der Waals surface area contributed by atoms with Crippen molar-refractivity contribution >= 4 is 15.9 Å². The lowest BCUT2D eigenvalue weighted by molar-refractivity contribution is -0.123. The summed E-state index contributed by atoms with van der Waals surface area (Å²) in [4.78, 5) is 14.4. The Bertz CT molecular complexity index is 739. The molecule has 2 fully saturated rings. The third-order valence-corrected chi connectivity index (χ3v) is 7.10. The second-order valence-electron chi connectivity index (χ2n) is 7.28. The molecule has 8 heteroatoms. The Morgan fingerprint density at radius 1 is 1.19 bits per heavy atom. The lowest BCUT2D eigenvalue weighted by atomic mass is 10.2. The highest BCUT2D eigenvalue weighted by Gasteiger charge is 2.31. The van der Waals surface area contributed by atoms with Gasteiger partial charge in [0.25, 0.3) is 0 Å². The molecule has 0 unspecified atom stereocenters. The van der Waals surface area contributed by atoms with Crippen LogP contribution in [0.15, 0.2) is 29.2 Å². The standard InChI is InChI=1S/C19H29N3O4S/c1-3-26-17-6-8-18(9-7-17)27(24,25)22-12-10-21(11-13-22)14-19(23)20-15(2)16-4-5-16/h6-9,15-16H,3-5,10-14H2,1-2H3,(H,20,23)/t15-/m1/s1. The van der Waals surface area contributed by atoms with Crippen molar-refractivity contribution in [1.29, 1.82) is 0 Å². The van der Waals surface area contributed by atoms with Crippen LogP contribution in [0.25, 0.3) is 0 Å². The van der Waals surface area contributed by atoms with Gasteiger partial charge < -0.3 is 10.1 Å². The number of rotatable bonds is 8. The molecule has 1 saturated heterocycles. The predicted molar refractivity (Wildman–Crippen MR) is 103 cm³/mol. The lowest BCUT2D eigenvalue weighted by Crippen LogP contribution is -2.51. The average Bonchev–Trinajstić information content (AvgIpc) is 3.48. The van der Waals surface area contributed by atoms with E-state index in [1.54, 1.807) is 24.3 Å². The minimum Gasteiger partial charge on any atom is -0.494 e. The van der Waals surface area contributed by atoms with Crippen LogP contribution in [0.5, 0.6) is 5.75 Å². The van der Waals surface area contributed by atoms with Gasteiger partial charge in [-0.25, -0.2) is 8.42 Å². The number of nitrogens with zero attached hydrogens (tertiary/aromatic N) is 2. The molecule has 27 heavy (non-hydrogen) atoms. The minimum atomic E-state index is -3.52. The highest BCUT2D eigenvalue weighted by Crippen LogP contribution is 2.32. The van der Waals surface area contributed by atoms with Gasteiger partial charge in [-0.2, -0.15) is 4.31 Å². The van der Waals surface area contributed by atoms with Gasteiger partial charge in [-0.05, 0) is 56.9 Å². The molecule has 0 bridgehead atoms. The molecule has 1 aliphatic carbocycles. The average molecular weight is 396 g/mol. The molecular formula is C19H29N3O4S. The molecule has 0 spiro atoms. The summed E-state index contributed by atoms with van der Waals surface area (Å²) in [7, 11) is -3.52. The Balaban J connectivity index is 1.50. The maximum Gasteiger partial charge on any atom is 0.243 e. The lowest BCUT2D eigenvalue weighted by Gasteiger charge is -2.33. The predicted octanol–water partition coefficient (Wildman–Crippen LogP) is 1.31. The Hall–Kier alpha value is -1.64. The van der Waals surface area contributed by atoms with Crippen LogP contribution in [0.4, 0.5) is 0 Å². The first kappa shape index (κ1) is 20.1. The fourth-order valence-corrected chi connectivity index (χ4v) is 4.79. The van der Waals surface area contributed by atoms with E-state index in [0.717, 1.165) is 0 Å². The van der Waals surface area contributed by atoms with Gasteiger partial charge in [0.1, 0.15) is 5.75 Å². The number of piperazine rings is 1. The highest BCUT2D eigenvalue weighted by atomic mass is 32.2. The Morgan fingerprint density at radius 2 is 1.81 bits per heavy atom. The Labute approximate surface area is 161 Å². The largest absolute Gasteiger partial charge is 0.494 e. The van der Waals surface area contributed by atoms with Gasteiger partial charge in [-0.3, -0.25) is 9.69 Å². The van der Waals surface area contributed by atoms with E-state index in [9.17, 15) is 13.2 Å². The topological polar surface area (TPSA) is 79.0 Å². The van der Waals surface area contributed by atoms with Crippen LogP contribution in [-0.2, 0) is 14.8 Å². The molecule has 2 aliphatic rings. The summed E-state index contributed by atoms with van der Waals surface area (Å²) in [5.74, 6) is 1.31. The van der Waals surface area contributed by atoms with Gasteiger partial charge in [0.05, 0.1) is 18.0 Å². The van der Waals surface area contributed by atoms with Crippen molar-refractivity contribution in [2.45, 2.75) is 37.6 Å². The number of carbonyl (C=O) groups is 1. The molecule has 7 nitrogen and oxygen atoms in total. The Morgan fingerprint density at radius 3 is 2.37 bits per heavy atom. The van der Waals surface area contributed by atoms with Crippen molar-refractivity contribution in [3.05, 3.63) is 24.3 Å². The van der Waals surface area contributed by atoms with E-state index >= 15 is 0 Å². The van der Waals surface area contributed by atoms with Crippen LogP contribution in [0.1, 0.15) is 26.7 Å². The molecule has 1 aromatic rings. The molecule has 150 valence electrons. The molecule has 0 aromatic heterocycles. The van der Waals surface area contributed by atoms with E-state index in [4.69, 9.17) is 4.74 Å². The number of carbonyl (C=O) groups excluding carboxylic acids is 1. The number of amides is 1. The molecule has 1 heterocycles. The smallest absolute Gasteiger partial charge is 0.243 e. The highest BCUT2D eigenvalue weighted by molar-refractivity contribution is 7.89. The fraction of sp³-hybridized carbons (Fsp3) is 0.632. The van der Waals surface area contributed by atoms with Crippen LogP contribution in [0.3, 0.4) is 0 Å². The van der Waals surface area contributed by atoms with E-state index in [-0.39, 0.29) is 16.8 Å². The van der Waals surface area contributed by atoms with Crippen molar-refractivity contribution in [2.24, 2.45) is 5.92 Å². The van der Waals surface area contributed by atoms with E-state index in [0.29, 0.717) is 51.0 Å². The SMILES string of the molecule is CCOc1ccc(S(=O)(=O)N2CCN(CC(=O)N[C@H](C)C3CC3)CC2)cc1. The van der Waals surface area contributed by atoms with Gasteiger partial charge in [0.2, 0.25) is 15.9 Å². The maximum absolute atomic E-state index is 12.8. The van der Waals surface area contributed by atoms with E-state index < -0.39 is 10.0 Å². The van der Waals surface area contributed by atoms with Gasteiger partial charge in [-0.1, -0.05) is 0 Å². The summed E-state index contributed by atoms with van der Waals surface area (Å²) < 4.78 is 32.5. The summed E-state index contributed by atoms with van der Waals surface area (Å²) >= 11 is 0. The fourth-order valence-electron chi connectivity index (χ4n) is 3.37. The zero-order chi connectivity index (χ0) is 19.4. The van der Waals surface area contributed by atoms with E-state index in [2.05, 4.69) is 12.2 Å². The summed E-state index contributed by atoms with van der Waals surface area (Å²) in [5, 5.41) is 3.05.